The Morgan fingerprint density at radius 2 is 1.97 bits per heavy atom. The number of pyridine rings is 2. The van der Waals surface area contributed by atoms with E-state index in [1.807, 2.05) is 0 Å². The van der Waals surface area contributed by atoms with E-state index < -0.39 is 23.5 Å². The van der Waals surface area contributed by atoms with Gasteiger partial charge in [0, 0.05) is 30.2 Å². The van der Waals surface area contributed by atoms with E-state index in [9.17, 15) is 23.1 Å². The summed E-state index contributed by atoms with van der Waals surface area (Å²) < 4.78 is 41.4. The standard InChI is InChI=1S/C19H13F3N6O2/c20-19(21,22)13-4-5-25-14(7-13)26-17(29)16-18(30)28(10-12-8-23-11-24-9-12)15-3-1-2-6-27(15)16/h1-9,11H,10H2,(H-,25,26,29,30). The largest absolute Gasteiger partial charge is 0.839 e. The van der Waals surface area contributed by atoms with Crippen LogP contribution in [0.15, 0.2) is 61.4 Å². The predicted molar refractivity (Wildman–Crippen MR) is 95.4 cm³/mol. The first-order chi connectivity index (χ1) is 14.3. The van der Waals surface area contributed by atoms with Crippen molar-refractivity contribution in [3.05, 3.63) is 78.3 Å². The van der Waals surface area contributed by atoms with E-state index in [0.29, 0.717) is 17.3 Å². The average molecular weight is 414 g/mol. The quantitative estimate of drug-likeness (QED) is 0.514. The molecule has 4 aromatic heterocycles. The minimum atomic E-state index is -4.59. The van der Waals surface area contributed by atoms with E-state index in [2.05, 4.69) is 20.3 Å². The van der Waals surface area contributed by atoms with Crippen LogP contribution in [0.2, 0.25) is 0 Å². The van der Waals surface area contributed by atoms with Crippen molar-refractivity contribution in [2.45, 2.75) is 12.7 Å². The number of amides is 1. The van der Waals surface area contributed by atoms with Crippen molar-refractivity contribution in [3.63, 3.8) is 0 Å². The van der Waals surface area contributed by atoms with Crippen LogP contribution in [0.3, 0.4) is 0 Å². The Bertz CT molecular complexity index is 1220. The van der Waals surface area contributed by atoms with Crippen molar-refractivity contribution in [1.29, 1.82) is 0 Å². The molecule has 0 aromatic carbocycles. The van der Waals surface area contributed by atoms with Gasteiger partial charge in [-0.2, -0.15) is 17.6 Å². The Morgan fingerprint density at radius 3 is 2.70 bits per heavy atom. The van der Waals surface area contributed by atoms with Gasteiger partial charge in [-0.05, 0) is 18.2 Å². The number of halogens is 3. The van der Waals surface area contributed by atoms with Crippen molar-refractivity contribution >= 4 is 17.4 Å². The summed E-state index contributed by atoms with van der Waals surface area (Å²) in [5, 5.41) is 15.3. The van der Waals surface area contributed by atoms with E-state index in [0.717, 1.165) is 12.3 Å². The lowest BCUT2D eigenvalue weighted by Gasteiger charge is -2.09. The fraction of sp³-hybridized carbons (Fsp3) is 0.105. The summed E-state index contributed by atoms with van der Waals surface area (Å²) in [7, 11) is 0. The number of fused-ring (bicyclic) bond motifs is 1. The number of anilines is 1. The molecule has 4 heterocycles. The van der Waals surface area contributed by atoms with Crippen LogP contribution in [0.5, 0.6) is 5.88 Å². The van der Waals surface area contributed by atoms with Gasteiger partial charge in [-0.15, -0.1) is 0 Å². The van der Waals surface area contributed by atoms with Gasteiger partial charge < -0.3 is 10.4 Å². The molecule has 0 radical (unpaired) electrons. The topological polar surface area (TPSA) is 99.1 Å². The van der Waals surface area contributed by atoms with Crippen LogP contribution in [0.4, 0.5) is 19.0 Å². The van der Waals surface area contributed by atoms with Crippen LogP contribution in [0, 0.1) is 0 Å². The van der Waals surface area contributed by atoms with Crippen molar-refractivity contribution in [3.8, 4) is 5.88 Å². The minimum absolute atomic E-state index is 0.113. The molecule has 152 valence electrons. The van der Waals surface area contributed by atoms with E-state index in [1.165, 1.54) is 33.9 Å². The lowest BCUT2D eigenvalue weighted by Crippen LogP contribution is -2.37. The smallest absolute Gasteiger partial charge is 0.416 e. The molecule has 0 unspecified atom stereocenters. The monoisotopic (exact) mass is 414 g/mol. The van der Waals surface area contributed by atoms with E-state index in [-0.39, 0.29) is 18.1 Å². The number of rotatable bonds is 4. The van der Waals surface area contributed by atoms with E-state index in [1.54, 1.807) is 18.2 Å². The molecule has 11 heteroatoms. The summed E-state index contributed by atoms with van der Waals surface area (Å²) in [6.07, 6.45) is 2.29. The maximum absolute atomic E-state index is 13.0. The first-order valence-corrected chi connectivity index (χ1v) is 8.63. The summed E-state index contributed by atoms with van der Waals surface area (Å²) in [5.41, 5.74) is -0.160. The van der Waals surface area contributed by atoms with Gasteiger partial charge in [0.2, 0.25) is 5.69 Å². The van der Waals surface area contributed by atoms with Gasteiger partial charge in [-0.3, -0.25) is 4.79 Å². The Balaban J connectivity index is 1.72. The number of carbonyl (C=O) groups is 1. The molecule has 0 aliphatic heterocycles. The van der Waals surface area contributed by atoms with Crippen molar-refractivity contribution in [2.75, 3.05) is 5.32 Å². The molecular formula is C19H13F3N6O2. The van der Waals surface area contributed by atoms with Gasteiger partial charge >= 0.3 is 6.18 Å². The van der Waals surface area contributed by atoms with Crippen LogP contribution in [0.1, 0.15) is 21.6 Å². The third-order valence-electron chi connectivity index (χ3n) is 4.30. The van der Waals surface area contributed by atoms with E-state index in [4.69, 9.17) is 0 Å². The van der Waals surface area contributed by atoms with Crippen molar-refractivity contribution < 1.29 is 27.6 Å². The SMILES string of the molecule is O=C(Nc1cc(C(F)(F)F)ccn1)c1c([O-])[n+](Cc2cncnc2)c2ccccn12. The van der Waals surface area contributed by atoms with Crippen molar-refractivity contribution in [1.82, 2.24) is 19.4 Å². The van der Waals surface area contributed by atoms with E-state index >= 15 is 0 Å². The number of carbonyl (C=O) groups excluding carboxylic acids is 1. The maximum Gasteiger partial charge on any atom is 0.416 e. The van der Waals surface area contributed by atoms with Crippen LogP contribution >= 0.6 is 0 Å². The molecule has 0 saturated heterocycles. The highest BCUT2D eigenvalue weighted by Gasteiger charge is 2.31. The number of nitrogens with one attached hydrogen (secondary N) is 1. The molecule has 0 bridgehead atoms. The highest BCUT2D eigenvalue weighted by Crippen LogP contribution is 2.30. The molecule has 0 aliphatic rings. The lowest BCUT2D eigenvalue weighted by atomic mass is 10.2. The summed E-state index contributed by atoms with van der Waals surface area (Å²) in [6, 6.07) is 6.46. The number of nitrogens with zero attached hydrogens (tertiary/aromatic N) is 5. The Labute approximate surface area is 167 Å². The molecule has 4 rings (SSSR count). The summed E-state index contributed by atoms with van der Waals surface area (Å²) in [6.45, 7) is 0.113. The Kier molecular flexibility index (Phi) is 4.78. The first-order valence-electron chi connectivity index (χ1n) is 8.63. The second kappa shape index (κ2) is 7.43. The first kappa shape index (κ1) is 19.3. The maximum atomic E-state index is 13.0. The zero-order valence-electron chi connectivity index (χ0n) is 15.2. The van der Waals surface area contributed by atoms with Gasteiger partial charge in [0.1, 0.15) is 24.6 Å². The highest BCUT2D eigenvalue weighted by atomic mass is 19.4. The van der Waals surface area contributed by atoms with Crippen LogP contribution in [-0.4, -0.2) is 25.3 Å². The molecule has 0 fully saturated rings. The highest BCUT2D eigenvalue weighted by molar-refractivity contribution is 6.04. The summed E-state index contributed by atoms with van der Waals surface area (Å²) in [5.74, 6) is -1.81. The number of imidazole rings is 1. The molecule has 30 heavy (non-hydrogen) atoms. The number of alkyl halides is 3. The molecule has 0 atom stereocenters. The van der Waals surface area contributed by atoms with Crippen LogP contribution in [-0.2, 0) is 12.7 Å². The van der Waals surface area contributed by atoms with Gasteiger partial charge in [-0.25, -0.2) is 19.5 Å². The number of hydrogen-bond donors (Lipinski definition) is 1. The summed E-state index contributed by atoms with van der Waals surface area (Å²) in [4.78, 5) is 24.3. The van der Waals surface area contributed by atoms with Crippen LogP contribution < -0.4 is 15.0 Å². The molecule has 0 aliphatic carbocycles. The minimum Gasteiger partial charge on any atom is -0.839 e. The summed E-state index contributed by atoms with van der Waals surface area (Å²) >= 11 is 0. The zero-order valence-corrected chi connectivity index (χ0v) is 15.2. The normalized spacial score (nSPS) is 11.6. The number of aromatic nitrogens is 5. The lowest BCUT2D eigenvalue weighted by molar-refractivity contribution is -0.704. The second-order valence-electron chi connectivity index (χ2n) is 6.30. The van der Waals surface area contributed by atoms with Gasteiger partial charge in [0.25, 0.3) is 11.6 Å². The zero-order chi connectivity index (χ0) is 21.3. The second-order valence-corrected chi connectivity index (χ2v) is 6.30. The van der Waals surface area contributed by atoms with Gasteiger partial charge in [-0.1, -0.05) is 6.07 Å². The molecular weight excluding hydrogens is 401 g/mol. The Morgan fingerprint density at radius 1 is 1.20 bits per heavy atom. The Hall–Kier alpha value is -4.02. The molecule has 8 nitrogen and oxygen atoms in total. The predicted octanol–water partition coefficient (Wildman–Crippen LogP) is 1.80. The molecule has 1 amide bonds. The third kappa shape index (κ3) is 3.64. The van der Waals surface area contributed by atoms with Crippen LogP contribution in [0.25, 0.3) is 5.65 Å². The fourth-order valence-electron chi connectivity index (χ4n) is 2.98. The molecule has 4 aromatic rings. The fourth-order valence-corrected chi connectivity index (χ4v) is 2.98. The van der Waals surface area contributed by atoms with Gasteiger partial charge in [0.15, 0.2) is 0 Å². The molecule has 0 spiro atoms. The molecule has 1 N–H and O–H groups in total. The number of hydrogen-bond acceptors (Lipinski definition) is 5. The van der Waals surface area contributed by atoms with Crippen molar-refractivity contribution in [2.24, 2.45) is 0 Å². The average Bonchev–Trinajstić information content (AvgIpc) is 3.00. The molecule has 0 saturated carbocycles. The van der Waals surface area contributed by atoms with Gasteiger partial charge in [0.05, 0.1) is 11.8 Å². The third-order valence-corrected chi connectivity index (χ3v) is 4.30.